The lowest BCUT2D eigenvalue weighted by molar-refractivity contribution is 0.184. The van der Waals surface area contributed by atoms with Crippen LogP contribution >= 0.6 is 0 Å². The largest absolute Gasteiger partial charge is 0.383 e. The molecule has 0 aromatic heterocycles. The Morgan fingerprint density at radius 3 is 2.67 bits per heavy atom. The molecule has 0 heterocycles. The maximum atomic E-state index is 11.7. The molecule has 0 saturated heterocycles. The highest BCUT2D eigenvalue weighted by Gasteiger charge is 2.12. The molecule has 1 rings (SSSR count). The summed E-state index contributed by atoms with van der Waals surface area (Å²) >= 11 is 0. The predicted octanol–water partition coefficient (Wildman–Crippen LogP) is 1.43. The molecule has 0 fully saturated rings. The molecule has 0 radical (unpaired) electrons. The molecule has 0 saturated carbocycles. The highest BCUT2D eigenvalue weighted by molar-refractivity contribution is 7.89. The lowest BCUT2D eigenvalue weighted by Crippen LogP contribution is -2.24. The maximum absolute atomic E-state index is 11.7. The molecule has 18 heavy (non-hydrogen) atoms. The van der Waals surface area contributed by atoms with E-state index < -0.39 is 10.0 Å². The van der Waals surface area contributed by atoms with Crippen LogP contribution in [0.2, 0.25) is 0 Å². The van der Waals surface area contributed by atoms with E-state index >= 15 is 0 Å². The van der Waals surface area contributed by atoms with Crippen LogP contribution in [-0.2, 0) is 14.8 Å². The summed E-state index contributed by atoms with van der Waals surface area (Å²) in [5, 5.41) is 3.25. The van der Waals surface area contributed by atoms with Crippen molar-refractivity contribution < 1.29 is 13.2 Å². The van der Waals surface area contributed by atoms with Gasteiger partial charge in [-0.25, -0.2) is 13.1 Å². The average molecular weight is 272 g/mol. The minimum Gasteiger partial charge on any atom is -0.383 e. The summed E-state index contributed by atoms with van der Waals surface area (Å²) in [5.74, 6) is 0. The summed E-state index contributed by atoms with van der Waals surface area (Å²) in [4.78, 5) is 0.252. The predicted molar refractivity (Wildman–Crippen MR) is 72.3 cm³/mol. The van der Waals surface area contributed by atoms with E-state index in [9.17, 15) is 8.42 Å². The fourth-order valence-corrected chi connectivity index (χ4v) is 2.34. The molecule has 1 unspecified atom stereocenters. The van der Waals surface area contributed by atoms with Crippen LogP contribution in [0.15, 0.2) is 29.2 Å². The summed E-state index contributed by atoms with van der Waals surface area (Å²) < 4.78 is 30.7. The third kappa shape index (κ3) is 3.97. The molecule has 0 spiro atoms. The van der Waals surface area contributed by atoms with Gasteiger partial charge in [-0.3, -0.25) is 0 Å². The number of hydrogen-bond acceptors (Lipinski definition) is 4. The van der Waals surface area contributed by atoms with Gasteiger partial charge in [-0.05, 0) is 31.7 Å². The third-order valence-corrected chi connectivity index (χ3v) is 4.06. The van der Waals surface area contributed by atoms with Gasteiger partial charge in [0.2, 0.25) is 10.0 Å². The van der Waals surface area contributed by atoms with Gasteiger partial charge in [-0.15, -0.1) is 0 Å². The summed E-state index contributed by atoms with van der Waals surface area (Å²) in [6, 6.07) is 6.90. The minimum absolute atomic E-state index is 0.169. The van der Waals surface area contributed by atoms with Gasteiger partial charge >= 0.3 is 0 Å². The van der Waals surface area contributed by atoms with E-state index in [-0.39, 0.29) is 10.9 Å². The Balaban J connectivity index is 2.89. The van der Waals surface area contributed by atoms with Crippen molar-refractivity contribution in [2.45, 2.75) is 24.3 Å². The van der Waals surface area contributed by atoms with Gasteiger partial charge in [-0.2, -0.15) is 0 Å². The van der Waals surface area contributed by atoms with E-state index in [0.29, 0.717) is 6.61 Å². The first-order chi connectivity index (χ1) is 8.53. The minimum atomic E-state index is -3.40. The Kier molecular flexibility index (Phi) is 5.58. The number of ether oxygens (including phenoxy) is 1. The maximum Gasteiger partial charge on any atom is 0.240 e. The van der Waals surface area contributed by atoms with E-state index in [1.165, 1.54) is 7.05 Å². The molecule has 5 nitrogen and oxygen atoms in total. The van der Waals surface area contributed by atoms with Gasteiger partial charge < -0.3 is 10.1 Å². The van der Waals surface area contributed by atoms with Crippen LogP contribution in [0.5, 0.6) is 0 Å². The molecule has 1 atom stereocenters. The molecule has 2 N–H and O–H groups in total. The van der Waals surface area contributed by atoms with E-state index in [1.54, 1.807) is 25.3 Å². The van der Waals surface area contributed by atoms with E-state index in [0.717, 1.165) is 12.1 Å². The van der Waals surface area contributed by atoms with Gasteiger partial charge in [0, 0.05) is 18.8 Å². The fourth-order valence-electron chi connectivity index (χ4n) is 1.57. The molecular weight excluding hydrogens is 252 g/mol. The number of anilines is 1. The van der Waals surface area contributed by atoms with Crippen molar-refractivity contribution in [1.29, 1.82) is 0 Å². The SMILES string of the molecule is CCC(COC)Nc1cccc(S(=O)(=O)NC)c1. The molecule has 1 aromatic carbocycles. The highest BCUT2D eigenvalue weighted by Crippen LogP contribution is 2.16. The second kappa shape index (κ2) is 6.72. The van der Waals surface area contributed by atoms with Crippen molar-refractivity contribution in [3.63, 3.8) is 0 Å². The van der Waals surface area contributed by atoms with E-state index in [4.69, 9.17) is 4.74 Å². The average Bonchev–Trinajstić information content (AvgIpc) is 2.38. The van der Waals surface area contributed by atoms with Crippen LogP contribution in [0.1, 0.15) is 13.3 Å². The van der Waals surface area contributed by atoms with Crippen LogP contribution in [-0.4, -0.2) is 35.2 Å². The summed E-state index contributed by atoms with van der Waals surface area (Å²) in [6.45, 7) is 2.63. The number of sulfonamides is 1. The normalized spacial score (nSPS) is 13.3. The molecule has 1 aromatic rings. The lowest BCUT2D eigenvalue weighted by Gasteiger charge is -2.17. The Morgan fingerprint density at radius 2 is 2.11 bits per heavy atom. The number of hydrogen-bond donors (Lipinski definition) is 2. The summed E-state index contributed by atoms with van der Waals surface area (Å²) in [7, 11) is -0.354. The van der Waals surface area contributed by atoms with Crippen molar-refractivity contribution in [3.8, 4) is 0 Å². The van der Waals surface area contributed by atoms with Crippen LogP contribution in [0.3, 0.4) is 0 Å². The molecule has 0 aliphatic rings. The van der Waals surface area contributed by atoms with Crippen molar-refractivity contribution in [2.75, 3.05) is 26.1 Å². The van der Waals surface area contributed by atoms with Crippen molar-refractivity contribution in [3.05, 3.63) is 24.3 Å². The second-order valence-corrected chi connectivity index (χ2v) is 5.83. The zero-order valence-electron chi connectivity index (χ0n) is 10.9. The summed E-state index contributed by atoms with van der Waals surface area (Å²) in [5.41, 5.74) is 0.773. The van der Waals surface area contributed by atoms with Crippen LogP contribution in [0.4, 0.5) is 5.69 Å². The zero-order chi connectivity index (χ0) is 13.6. The third-order valence-electron chi connectivity index (χ3n) is 2.64. The Bertz CT molecular complexity index is 474. The number of rotatable bonds is 7. The number of nitrogens with one attached hydrogen (secondary N) is 2. The highest BCUT2D eigenvalue weighted by atomic mass is 32.2. The molecule has 0 aliphatic heterocycles. The Hall–Kier alpha value is -1.11. The molecule has 6 heteroatoms. The quantitative estimate of drug-likeness (QED) is 0.788. The van der Waals surface area contributed by atoms with Gasteiger partial charge in [0.15, 0.2) is 0 Å². The topological polar surface area (TPSA) is 67.4 Å². The Morgan fingerprint density at radius 1 is 1.39 bits per heavy atom. The van der Waals surface area contributed by atoms with Gasteiger partial charge in [0.1, 0.15) is 0 Å². The van der Waals surface area contributed by atoms with Crippen molar-refractivity contribution in [1.82, 2.24) is 4.72 Å². The van der Waals surface area contributed by atoms with Gasteiger partial charge in [0.25, 0.3) is 0 Å². The van der Waals surface area contributed by atoms with Crippen LogP contribution < -0.4 is 10.0 Å². The second-order valence-electron chi connectivity index (χ2n) is 3.94. The first-order valence-electron chi connectivity index (χ1n) is 5.82. The molecule has 0 bridgehead atoms. The summed E-state index contributed by atoms with van der Waals surface area (Å²) in [6.07, 6.45) is 0.900. The number of methoxy groups -OCH3 is 1. The van der Waals surface area contributed by atoms with E-state index in [1.807, 2.05) is 13.0 Å². The smallest absolute Gasteiger partial charge is 0.240 e. The standard InChI is InChI=1S/C12H20N2O3S/c1-4-10(9-17-3)14-11-6-5-7-12(8-11)18(15,16)13-2/h5-8,10,13-14H,4,9H2,1-3H3. The first-order valence-corrected chi connectivity index (χ1v) is 7.31. The first kappa shape index (κ1) is 14.9. The van der Waals surface area contributed by atoms with Crippen molar-refractivity contribution >= 4 is 15.7 Å². The lowest BCUT2D eigenvalue weighted by atomic mass is 10.2. The Labute approximate surface area is 109 Å². The number of benzene rings is 1. The fraction of sp³-hybridized carbons (Fsp3) is 0.500. The van der Waals surface area contributed by atoms with Gasteiger partial charge in [0.05, 0.1) is 11.5 Å². The molecule has 102 valence electrons. The molecule has 0 aliphatic carbocycles. The molecular formula is C12H20N2O3S. The van der Waals surface area contributed by atoms with Gasteiger partial charge in [-0.1, -0.05) is 13.0 Å². The van der Waals surface area contributed by atoms with E-state index in [2.05, 4.69) is 10.0 Å². The van der Waals surface area contributed by atoms with Crippen LogP contribution in [0, 0.1) is 0 Å². The zero-order valence-corrected chi connectivity index (χ0v) is 11.8. The molecule has 0 amide bonds. The monoisotopic (exact) mass is 272 g/mol. The van der Waals surface area contributed by atoms with Crippen LogP contribution in [0.25, 0.3) is 0 Å². The van der Waals surface area contributed by atoms with Crippen molar-refractivity contribution in [2.24, 2.45) is 0 Å².